The molecule has 1 fully saturated rings. The van der Waals surface area contributed by atoms with Gasteiger partial charge >= 0.3 is 0 Å². The Bertz CT molecular complexity index is 159. The Labute approximate surface area is 102 Å². The smallest absolute Gasteiger partial charge is 0.000956 e. The average Bonchev–Trinajstić information content (AvgIpc) is 2.34. The number of likely N-dealkylation sites (tertiary alicyclic amines) is 1. The van der Waals surface area contributed by atoms with Gasteiger partial charge in [-0.05, 0) is 58.3 Å². The van der Waals surface area contributed by atoms with E-state index in [-0.39, 0.29) is 0 Å². The van der Waals surface area contributed by atoms with Crippen molar-refractivity contribution in [2.24, 2.45) is 5.92 Å². The molecule has 0 spiro atoms. The lowest BCUT2D eigenvalue weighted by atomic mass is 9.95. The standard InChI is InChI=1S/C14H30N2/c1-3-14-9-8-12-16(13-14)11-7-5-4-6-10-15-2/h14-15H,3-13H2,1-2H3. The number of rotatable bonds is 8. The molecular weight excluding hydrogens is 196 g/mol. The van der Waals surface area contributed by atoms with E-state index in [0.717, 1.165) is 5.92 Å². The van der Waals surface area contributed by atoms with Crippen molar-refractivity contribution in [1.82, 2.24) is 10.2 Å². The Hall–Kier alpha value is -0.0800. The molecular formula is C14H30N2. The first-order valence-electron chi connectivity index (χ1n) is 7.23. The van der Waals surface area contributed by atoms with E-state index in [4.69, 9.17) is 0 Å². The molecule has 1 N–H and O–H groups in total. The fraction of sp³-hybridized carbons (Fsp3) is 1.00. The molecule has 0 radical (unpaired) electrons. The van der Waals surface area contributed by atoms with E-state index in [2.05, 4.69) is 17.1 Å². The van der Waals surface area contributed by atoms with Crippen LogP contribution in [0.2, 0.25) is 0 Å². The Kier molecular flexibility index (Phi) is 7.87. The lowest BCUT2D eigenvalue weighted by Crippen LogP contribution is -2.35. The van der Waals surface area contributed by atoms with Gasteiger partial charge < -0.3 is 10.2 Å². The van der Waals surface area contributed by atoms with Crippen molar-refractivity contribution < 1.29 is 0 Å². The van der Waals surface area contributed by atoms with Crippen molar-refractivity contribution in [3.8, 4) is 0 Å². The number of unbranched alkanes of at least 4 members (excludes halogenated alkanes) is 3. The van der Waals surface area contributed by atoms with Gasteiger partial charge in [0.25, 0.3) is 0 Å². The van der Waals surface area contributed by atoms with Gasteiger partial charge in [0.15, 0.2) is 0 Å². The van der Waals surface area contributed by atoms with Gasteiger partial charge in [-0.25, -0.2) is 0 Å². The molecule has 0 aromatic carbocycles. The molecule has 0 saturated carbocycles. The molecule has 0 bridgehead atoms. The van der Waals surface area contributed by atoms with Crippen LogP contribution in [0.4, 0.5) is 0 Å². The topological polar surface area (TPSA) is 15.3 Å². The van der Waals surface area contributed by atoms with E-state index in [0.29, 0.717) is 0 Å². The molecule has 0 aliphatic carbocycles. The van der Waals surface area contributed by atoms with E-state index in [1.807, 2.05) is 7.05 Å². The number of hydrogen-bond acceptors (Lipinski definition) is 2. The molecule has 1 aliphatic rings. The van der Waals surface area contributed by atoms with Crippen molar-refractivity contribution in [1.29, 1.82) is 0 Å². The van der Waals surface area contributed by atoms with Gasteiger partial charge in [-0.15, -0.1) is 0 Å². The third kappa shape index (κ3) is 5.86. The fourth-order valence-corrected chi connectivity index (χ4v) is 2.68. The third-order valence-corrected chi connectivity index (χ3v) is 3.83. The minimum atomic E-state index is 0.984. The zero-order chi connectivity index (χ0) is 11.6. The zero-order valence-electron chi connectivity index (χ0n) is 11.3. The maximum absolute atomic E-state index is 3.21. The predicted octanol–water partition coefficient (Wildman–Crippen LogP) is 2.89. The van der Waals surface area contributed by atoms with Crippen molar-refractivity contribution >= 4 is 0 Å². The summed E-state index contributed by atoms with van der Waals surface area (Å²) in [7, 11) is 2.04. The summed E-state index contributed by atoms with van der Waals surface area (Å²) < 4.78 is 0. The Morgan fingerprint density at radius 2 is 2.00 bits per heavy atom. The van der Waals surface area contributed by atoms with Crippen LogP contribution in [0.25, 0.3) is 0 Å². The summed E-state index contributed by atoms with van der Waals surface area (Å²) in [6.07, 6.45) is 9.82. The Balaban J connectivity index is 1.95. The first kappa shape index (κ1) is 14.0. The minimum Gasteiger partial charge on any atom is -0.320 e. The molecule has 0 aromatic heterocycles. The highest BCUT2D eigenvalue weighted by Crippen LogP contribution is 2.19. The van der Waals surface area contributed by atoms with Crippen molar-refractivity contribution in [3.05, 3.63) is 0 Å². The summed E-state index contributed by atoms with van der Waals surface area (Å²) in [5.41, 5.74) is 0. The molecule has 0 amide bonds. The van der Waals surface area contributed by atoms with E-state index < -0.39 is 0 Å². The van der Waals surface area contributed by atoms with Crippen LogP contribution in [-0.4, -0.2) is 38.1 Å². The second-order valence-electron chi connectivity index (χ2n) is 5.23. The van der Waals surface area contributed by atoms with Gasteiger partial charge in [0.1, 0.15) is 0 Å². The summed E-state index contributed by atoms with van der Waals surface area (Å²) in [5.74, 6) is 0.984. The highest BCUT2D eigenvalue weighted by Gasteiger charge is 2.17. The highest BCUT2D eigenvalue weighted by molar-refractivity contribution is 4.71. The van der Waals surface area contributed by atoms with Crippen LogP contribution >= 0.6 is 0 Å². The van der Waals surface area contributed by atoms with Crippen molar-refractivity contribution in [3.63, 3.8) is 0 Å². The Morgan fingerprint density at radius 1 is 1.19 bits per heavy atom. The van der Waals surface area contributed by atoms with Gasteiger partial charge in [0, 0.05) is 6.54 Å². The number of nitrogens with one attached hydrogen (secondary N) is 1. The van der Waals surface area contributed by atoms with Gasteiger partial charge in [-0.2, -0.15) is 0 Å². The van der Waals surface area contributed by atoms with Crippen LogP contribution in [0, 0.1) is 5.92 Å². The molecule has 2 heteroatoms. The van der Waals surface area contributed by atoms with Crippen LogP contribution in [0.3, 0.4) is 0 Å². The third-order valence-electron chi connectivity index (χ3n) is 3.83. The molecule has 1 heterocycles. The van der Waals surface area contributed by atoms with Gasteiger partial charge in [0.05, 0.1) is 0 Å². The highest BCUT2D eigenvalue weighted by atomic mass is 15.1. The molecule has 1 aliphatic heterocycles. The minimum absolute atomic E-state index is 0.984. The first-order chi connectivity index (χ1) is 7.86. The largest absolute Gasteiger partial charge is 0.320 e. The summed E-state index contributed by atoms with van der Waals surface area (Å²) in [5, 5.41) is 3.21. The quantitative estimate of drug-likeness (QED) is 0.640. The lowest BCUT2D eigenvalue weighted by molar-refractivity contribution is 0.169. The number of piperidine rings is 1. The van der Waals surface area contributed by atoms with Crippen LogP contribution in [0.1, 0.15) is 51.9 Å². The predicted molar refractivity (Wildman–Crippen MR) is 71.8 cm³/mol. The van der Waals surface area contributed by atoms with Crippen molar-refractivity contribution in [2.75, 3.05) is 33.2 Å². The lowest BCUT2D eigenvalue weighted by Gasteiger charge is -2.32. The second kappa shape index (κ2) is 9.00. The van der Waals surface area contributed by atoms with Crippen LogP contribution in [0.5, 0.6) is 0 Å². The normalized spacial score (nSPS) is 22.5. The molecule has 1 saturated heterocycles. The maximum Gasteiger partial charge on any atom is 0.000956 e. The van der Waals surface area contributed by atoms with Crippen molar-refractivity contribution in [2.45, 2.75) is 51.9 Å². The molecule has 1 atom stereocenters. The fourth-order valence-electron chi connectivity index (χ4n) is 2.68. The van der Waals surface area contributed by atoms with Crippen LogP contribution in [0.15, 0.2) is 0 Å². The van der Waals surface area contributed by atoms with E-state index in [1.165, 1.54) is 71.1 Å². The van der Waals surface area contributed by atoms with Crippen LogP contribution < -0.4 is 5.32 Å². The Morgan fingerprint density at radius 3 is 2.75 bits per heavy atom. The molecule has 0 aromatic rings. The van der Waals surface area contributed by atoms with E-state index in [1.54, 1.807) is 0 Å². The first-order valence-corrected chi connectivity index (χ1v) is 7.23. The van der Waals surface area contributed by atoms with E-state index in [9.17, 15) is 0 Å². The van der Waals surface area contributed by atoms with Gasteiger partial charge in [0.2, 0.25) is 0 Å². The maximum atomic E-state index is 3.21. The zero-order valence-corrected chi connectivity index (χ0v) is 11.3. The molecule has 1 rings (SSSR count). The van der Waals surface area contributed by atoms with E-state index >= 15 is 0 Å². The van der Waals surface area contributed by atoms with Crippen LogP contribution in [-0.2, 0) is 0 Å². The molecule has 96 valence electrons. The average molecular weight is 226 g/mol. The molecule has 1 unspecified atom stereocenters. The number of nitrogens with zero attached hydrogens (tertiary/aromatic N) is 1. The van der Waals surface area contributed by atoms with Gasteiger partial charge in [-0.1, -0.05) is 26.2 Å². The summed E-state index contributed by atoms with van der Waals surface area (Å²) in [4.78, 5) is 2.69. The number of hydrogen-bond donors (Lipinski definition) is 1. The molecule has 16 heavy (non-hydrogen) atoms. The SMILES string of the molecule is CCC1CCCN(CCCCCCNC)C1. The monoisotopic (exact) mass is 226 g/mol. The summed E-state index contributed by atoms with van der Waals surface area (Å²) >= 11 is 0. The molecule has 2 nitrogen and oxygen atoms in total. The second-order valence-corrected chi connectivity index (χ2v) is 5.23. The van der Waals surface area contributed by atoms with Gasteiger partial charge in [-0.3, -0.25) is 0 Å². The summed E-state index contributed by atoms with van der Waals surface area (Å²) in [6, 6.07) is 0. The summed E-state index contributed by atoms with van der Waals surface area (Å²) in [6.45, 7) is 7.59.